The molecule has 0 spiro atoms. The Labute approximate surface area is 195 Å². The van der Waals surface area contributed by atoms with Crippen molar-refractivity contribution in [2.24, 2.45) is 5.10 Å². The van der Waals surface area contributed by atoms with Gasteiger partial charge in [-0.05, 0) is 61.0 Å². The summed E-state index contributed by atoms with van der Waals surface area (Å²) >= 11 is 0. The Morgan fingerprint density at radius 3 is 2.44 bits per heavy atom. The van der Waals surface area contributed by atoms with E-state index in [2.05, 4.69) is 15.8 Å². The first-order valence-corrected chi connectivity index (χ1v) is 10.4. The van der Waals surface area contributed by atoms with Crippen LogP contribution < -0.4 is 20.2 Å². The normalized spacial score (nSPS) is 10.5. The Morgan fingerprint density at radius 1 is 0.941 bits per heavy atom. The molecule has 9 heteroatoms. The van der Waals surface area contributed by atoms with Crippen LogP contribution in [0.25, 0.3) is 0 Å². The highest BCUT2D eigenvalue weighted by Crippen LogP contribution is 2.29. The summed E-state index contributed by atoms with van der Waals surface area (Å²) in [6.07, 6.45) is 1.37. The molecule has 34 heavy (non-hydrogen) atoms. The van der Waals surface area contributed by atoms with Gasteiger partial charge in [0.25, 0.3) is 11.8 Å². The van der Waals surface area contributed by atoms with Gasteiger partial charge in [-0.2, -0.15) is 5.10 Å². The van der Waals surface area contributed by atoms with Gasteiger partial charge in [0.2, 0.25) is 0 Å². The number of benzene rings is 3. The van der Waals surface area contributed by atoms with Crippen molar-refractivity contribution < 1.29 is 28.2 Å². The topological polar surface area (TPSA) is 106 Å². The predicted octanol–water partition coefficient (Wildman–Crippen LogP) is 3.32. The van der Waals surface area contributed by atoms with Gasteiger partial charge in [-0.25, -0.2) is 14.6 Å². The third-order valence-electron chi connectivity index (χ3n) is 4.38. The molecule has 0 heterocycles. The second kappa shape index (κ2) is 11.9. The lowest BCUT2D eigenvalue weighted by molar-refractivity contribution is -0.120. The van der Waals surface area contributed by atoms with Crippen LogP contribution in [0.2, 0.25) is 0 Å². The maximum absolute atomic E-state index is 13.2. The van der Waals surface area contributed by atoms with E-state index in [4.69, 9.17) is 9.47 Å². The molecule has 0 atom stereocenters. The van der Waals surface area contributed by atoms with E-state index in [-0.39, 0.29) is 17.9 Å². The van der Waals surface area contributed by atoms with Gasteiger partial charge < -0.3 is 14.8 Å². The number of esters is 1. The van der Waals surface area contributed by atoms with Crippen molar-refractivity contribution in [1.29, 1.82) is 0 Å². The molecule has 2 amide bonds. The van der Waals surface area contributed by atoms with Crippen molar-refractivity contribution in [3.05, 3.63) is 95.3 Å². The number of nitrogens with one attached hydrogen (secondary N) is 2. The third-order valence-corrected chi connectivity index (χ3v) is 4.38. The van der Waals surface area contributed by atoms with Gasteiger partial charge >= 0.3 is 5.97 Å². The lowest BCUT2D eigenvalue weighted by atomic mass is 10.2. The molecule has 8 nitrogen and oxygen atoms in total. The lowest BCUT2D eigenvalue weighted by Gasteiger charge is -2.11. The number of carbonyl (C=O) groups is 3. The Bertz CT molecular complexity index is 1200. The molecule has 0 aliphatic heterocycles. The SMILES string of the molecule is CCOc1cc(/C=N\NC(=O)CNC(=O)c2cccc(F)c2)ccc1OC(=O)c1ccccc1. The van der Waals surface area contributed by atoms with Crippen LogP contribution in [0.15, 0.2) is 77.9 Å². The summed E-state index contributed by atoms with van der Waals surface area (Å²) in [5.74, 6) is -1.63. The van der Waals surface area contributed by atoms with Gasteiger partial charge in [-0.1, -0.05) is 24.3 Å². The van der Waals surface area contributed by atoms with Gasteiger partial charge in [0.1, 0.15) is 5.82 Å². The summed E-state index contributed by atoms with van der Waals surface area (Å²) in [6, 6.07) is 18.5. The Balaban J connectivity index is 1.56. The monoisotopic (exact) mass is 463 g/mol. The second-order valence-electron chi connectivity index (χ2n) is 6.88. The zero-order chi connectivity index (χ0) is 24.3. The summed E-state index contributed by atoms with van der Waals surface area (Å²) in [5.41, 5.74) is 3.37. The van der Waals surface area contributed by atoms with Crippen molar-refractivity contribution in [2.45, 2.75) is 6.92 Å². The van der Waals surface area contributed by atoms with E-state index in [0.717, 1.165) is 6.07 Å². The highest BCUT2D eigenvalue weighted by Gasteiger charge is 2.13. The number of halogens is 1. The third kappa shape index (κ3) is 6.99. The zero-order valence-corrected chi connectivity index (χ0v) is 18.3. The summed E-state index contributed by atoms with van der Waals surface area (Å²) in [6.45, 7) is 1.80. The van der Waals surface area contributed by atoms with Gasteiger partial charge in [0, 0.05) is 5.56 Å². The van der Waals surface area contributed by atoms with E-state index < -0.39 is 23.6 Å². The van der Waals surface area contributed by atoms with E-state index in [1.165, 1.54) is 24.4 Å². The molecule has 0 radical (unpaired) electrons. The Kier molecular flexibility index (Phi) is 8.45. The lowest BCUT2D eigenvalue weighted by Crippen LogP contribution is -2.34. The number of amides is 2. The molecule has 3 rings (SSSR count). The molecular weight excluding hydrogens is 441 g/mol. The minimum Gasteiger partial charge on any atom is -0.490 e. The highest BCUT2D eigenvalue weighted by molar-refractivity contribution is 5.96. The van der Waals surface area contributed by atoms with Gasteiger partial charge in [0.15, 0.2) is 11.5 Å². The molecule has 174 valence electrons. The molecule has 0 aliphatic rings. The number of hydrazone groups is 1. The Hall–Kier alpha value is -4.53. The largest absolute Gasteiger partial charge is 0.490 e. The minimum absolute atomic E-state index is 0.104. The first-order valence-electron chi connectivity index (χ1n) is 10.4. The molecule has 0 aliphatic carbocycles. The zero-order valence-electron chi connectivity index (χ0n) is 18.3. The summed E-state index contributed by atoms with van der Waals surface area (Å²) in [4.78, 5) is 36.2. The van der Waals surface area contributed by atoms with Gasteiger partial charge in [-0.3, -0.25) is 9.59 Å². The van der Waals surface area contributed by atoms with Crippen LogP contribution in [-0.2, 0) is 4.79 Å². The average Bonchev–Trinajstić information content (AvgIpc) is 2.84. The van der Waals surface area contributed by atoms with Crippen molar-refractivity contribution >= 4 is 24.0 Å². The molecule has 0 unspecified atom stereocenters. The van der Waals surface area contributed by atoms with Crippen molar-refractivity contribution in [3.63, 3.8) is 0 Å². The van der Waals surface area contributed by atoms with E-state index in [9.17, 15) is 18.8 Å². The smallest absolute Gasteiger partial charge is 0.343 e. The van der Waals surface area contributed by atoms with Crippen molar-refractivity contribution in [2.75, 3.05) is 13.2 Å². The highest BCUT2D eigenvalue weighted by atomic mass is 19.1. The van der Waals surface area contributed by atoms with E-state index in [1.807, 2.05) is 0 Å². The number of hydrogen-bond donors (Lipinski definition) is 2. The van der Waals surface area contributed by atoms with Crippen LogP contribution in [0.3, 0.4) is 0 Å². The fraction of sp³-hybridized carbons (Fsp3) is 0.120. The second-order valence-corrected chi connectivity index (χ2v) is 6.88. The van der Waals surface area contributed by atoms with Crippen LogP contribution in [0.4, 0.5) is 4.39 Å². The first kappa shape index (κ1) is 24.1. The number of hydrogen-bond acceptors (Lipinski definition) is 6. The van der Waals surface area contributed by atoms with Crippen LogP contribution in [-0.4, -0.2) is 37.1 Å². The predicted molar refractivity (Wildman–Crippen MR) is 123 cm³/mol. The molecule has 3 aromatic carbocycles. The summed E-state index contributed by atoms with van der Waals surface area (Å²) in [5, 5.41) is 6.23. The van der Waals surface area contributed by atoms with Gasteiger partial charge in [-0.15, -0.1) is 0 Å². The maximum atomic E-state index is 13.2. The number of ether oxygens (including phenoxy) is 2. The Morgan fingerprint density at radius 2 is 1.71 bits per heavy atom. The quantitative estimate of drug-likeness (QED) is 0.219. The molecule has 2 N–H and O–H groups in total. The number of nitrogens with zero attached hydrogens (tertiary/aromatic N) is 1. The number of carbonyl (C=O) groups excluding carboxylic acids is 3. The van der Waals surface area contributed by atoms with E-state index >= 15 is 0 Å². The standard InChI is InChI=1S/C25H22FN3O5/c1-2-33-22-13-17(11-12-21(22)34-25(32)18-7-4-3-5-8-18)15-28-29-23(30)16-27-24(31)19-9-6-10-20(26)14-19/h3-15H,2,16H2,1H3,(H,27,31)(H,29,30)/b28-15-. The summed E-state index contributed by atoms with van der Waals surface area (Å²) in [7, 11) is 0. The summed E-state index contributed by atoms with van der Waals surface area (Å²) < 4.78 is 24.2. The minimum atomic E-state index is -0.583. The van der Waals surface area contributed by atoms with Crippen LogP contribution >= 0.6 is 0 Å². The van der Waals surface area contributed by atoms with E-state index in [0.29, 0.717) is 23.5 Å². The van der Waals surface area contributed by atoms with Crippen molar-refractivity contribution in [1.82, 2.24) is 10.7 Å². The van der Waals surface area contributed by atoms with Crippen LogP contribution in [0.5, 0.6) is 11.5 Å². The fourth-order valence-electron chi connectivity index (χ4n) is 2.80. The fourth-order valence-corrected chi connectivity index (χ4v) is 2.80. The average molecular weight is 463 g/mol. The number of rotatable bonds is 9. The van der Waals surface area contributed by atoms with Crippen LogP contribution in [0.1, 0.15) is 33.2 Å². The molecule has 0 fully saturated rings. The van der Waals surface area contributed by atoms with Gasteiger partial charge in [0.05, 0.1) is 24.9 Å². The van der Waals surface area contributed by atoms with Crippen LogP contribution in [0, 0.1) is 5.82 Å². The molecule has 0 saturated carbocycles. The molecule has 3 aromatic rings. The maximum Gasteiger partial charge on any atom is 0.343 e. The molecule has 0 aromatic heterocycles. The first-order chi connectivity index (χ1) is 16.5. The van der Waals surface area contributed by atoms with E-state index in [1.54, 1.807) is 55.5 Å². The molecule has 0 bridgehead atoms. The van der Waals surface area contributed by atoms with Crippen molar-refractivity contribution in [3.8, 4) is 11.5 Å². The molecule has 0 saturated heterocycles. The molecular formula is C25H22FN3O5.